The van der Waals surface area contributed by atoms with E-state index in [0.29, 0.717) is 11.6 Å². The van der Waals surface area contributed by atoms with Crippen LogP contribution in [-0.4, -0.2) is 12.1 Å². The van der Waals surface area contributed by atoms with Gasteiger partial charge in [-0.1, -0.05) is 36.4 Å². The SMILES string of the molecule is CO/C=C(/c1ncco1)c1ccccc1Oc1ccccc1. The van der Waals surface area contributed by atoms with Gasteiger partial charge in [-0.2, -0.15) is 0 Å². The van der Waals surface area contributed by atoms with Crippen molar-refractivity contribution < 1.29 is 13.9 Å². The molecule has 4 heteroatoms. The predicted octanol–water partition coefficient (Wildman–Crippen LogP) is 4.50. The smallest absolute Gasteiger partial charge is 0.229 e. The highest BCUT2D eigenvalue weighted by molar-refractivity contribution is 5.78. The van der Waals surface area contributed by atoms with E-state index in [-0.39, 0.29) is 0 Å². The lowest BCUT2D eigenvalue weighted by Gasteiger charge is -2.12. The largest absolute Gasteiger partial charge is 0.504 e. The highest BCUT2D eigenvalue weighted by Crippen LogP contribution is 2.33. The Labute approximate surface area is 128 Å². The molecule has 1 heterocycles. The van der Waals surface area contributed by atoms with Gasteiger partial charge in [-0.25, -0.2) is 4.98 Å². The van der Waals surface area contributed by atoms with Crippen LogP contribution in [0.25, 0.3) is 5.57 Å². The first-order chi connectivity index (χ1) is 10.9. The minimum absolute atomic E-state index is 0.478. The standard InChI is InChI=1S/C18H15NO3/c1-20-13-16(18-19-11-12-21-18)15-9-5-6-10-17(15)22-14-7-3-2-4-8-14/h2-13H,1H3/b16-13+. The third-order valence-corrected chi connectivity index (χ3v) is 3.05. The third-order valence-electron chi connectivity index (χ3n) is 3.05. The summed E-state index contributed by atoms with van der Waals surface area (Å²) in [4.78, 5) is 4.19. The highest BCUT2D eigenvalue weighted by atomic mass is 16.5. The summed E-state index contributed by atoms with van der Waals surface area (Å²) in [5.41, 5.74) is 1.56. The van der Waals surface area contributed by atoms with Crippen molar-refractivity contribution in [3.8, 4) is 11.5 Å². The number of benzene rings is 2. The molecular formula is C18H15NO3. The van der Waals surface area contributed by atoms with Gasteiger partial charge in [0.05, 0.1) is 25.1 Å². The minimum atomic E-state index is 0.478. The monoisotopic (exact) mass is 293 g/mol. The van der Waals surface area contributed by atoms with Crippen LogP contribution in [-0.2, 0) is 4.74 Å². The molecule has 22 heavy (non-hydrogen) atoms. The van der Waals surface area contributed by atoms with Gasteiger partial charge < -0.3 is 13.9 Å². The van der Waals surface area contributed by atoms with Gasteiger partial charge in [0.2, 0.25) is 5.89 Å². The fraction of sp³-hybridized carbons (Fsp3) is 0.0556. The Morgan fingerprint density at radius 1 is 1.05 bits per heavy atom. The van der Waals surface area contributed by atoms with Gasteiger partial charge in [0.15, 0.2) is 0 Å². The topological polar surface area (TPSA) is 44.5 Å². The molecule has 3 rings (SSSR count). The number of oxazole rings is 1. The molecule has 0 N–H and O–H groups in total. The van der Waals surface area contributed by atoms with Crippen LogP contribution in [0.4, 0.5) is 0 Å². The summed E-state index contributed by atoms with van der Waals surface area (Å²) in [7, 11) is 1.59. The zero-order valence-electron chi connectivity index (χ0n) is 12.1. The quantitative estimate of drug-likeness (QED) is 0.650. The van der Waals surface area contributed by atoms with Crippen LogP contribution in [0.3, 0.4) is 0 Å². The molecule has 0 aliphatic carbocycles. The lowest BCUT2D eigenvalue weighted by molar-refractivity contribution is 0.338. The molecular weight excluding hydrogens is 278 g/mol. The Hall–Kier alpha value is -3.01. The van der Waals surface area contributed by atoms with Crippen molar-refractivity contribution in [2.75, 3.05) is 7.11 Å². The molecule has 3 aromatic rings. The fourth-order valence-corrected chi connectivity index (χ4v) is 2.10. The maximum absolute atomic E-state index is 5.97. The van der Waals surface area contributed by atoms with E-state index in [2.05, 4.69) is 4.98 Å². The van der Waals surface area contributed by atoms with E-state index >= 15 is 0 Å². The van der Waals surface area contributed by atoms with Crippen LogP contribution in [0, 0.1) is 0 Å². The molecule has 0 aliphatic rings. The molecule has 0 saturated carbocycles. The summed E-state index contributed by atoms with van der Waals surface area (Å²) in [5.74, 6) is 1.94. The second kappa shape index (κ2) is 6.63. The summed E-state index contributed by atoms with van der Waals surface area (Å²) in [6.07, 6.45) is 4.72. The van der Waals surface area contributed by atoms with E-state index in [1.807, 2.05) is 54.6 Å². The fourth-order valence-electron chi connectivity index (χ4n) is 2.10. The van der Waals surface area contributed by atoms with Crippen LogP contribution >= 0.6 is 0 Å². The Morgan fingerprint density at radius 3 is 2.55 bits per heavy atom. The molecule has 0 spiro atoms. The van der Waals surface area contributed by atoms with Gasteiger partial charge in [0.1, 0.15) is 17.8 Å². The summed E-state index contributed by atoms with van der Waals surface area (Å²) in [6.45, 7) is 0. The van der Waals surface area contributed by atoms with E-state index in [1.54, 1.807) is 19.6 Å². The van der Waals surface area contributed by atoms with Crippen LogP contribution < -0.4 is 4.74 Å². The Bertz CT molecular complexity index is 749. The number of para-hydroxylation sites is 2. The molecule has 0 fully saturated rings. The second-order valence-corrected chi connectivity index (χ2v) is 4.52. The molecule has 0 saturated heterocycles. The second-order valence-electron chi connectivity index (χ2n) is 4.52. The van der Waals surface area contributed by atoms with Crippen LogP contribution in [0.15, 0.2) is 77.7 Å². The van der Waals surface area contributed by atoms with Gasteiger partial charge >= 0.3 is 0 Å². The van der Waals surface area contributed by atoms with Gasteiger partial charge in [0.25, 0.3) is 0 Å². The molecule has 2 aromatic carbocycles. The van der Waals surface area contributed by atoms with E-state index in [1.165, 1.54) is 6.26 Å². The van der Waals surface area contributed by atoms with Crippen molar-refractivity contribution in [3.05, 3.63) is 84.8 Å². The molecule has 4 nitrogen and oxygen atoms in total. The Morgan fingerprint density at radius 2 is 1.82 bits per heavy atom. The van der Waals surface area contributed by atoms with Crippen LogP contribution in [0.5, 0.6) is 11.5 Å². The average Bonchev–Trinajstić information content (AvgIpc) is 3.09. The maximum Gasteiger partial charge on any atom is 0.229 e. The van der Waals surface area contributed by atoms with Crippen molar-refractivity contribution in [1.82, 2.24) is 4.98 Å². The zero-order chi connectivity index (χ0) is 15.2. The molecule has 0 amide bonds. The molecule has 0 atom stereocenters. The molecule has 1 aromatic heterocycles. The molecule has 0 radical (unpaired) electrons. The third kappa shape index (κ3) is 3.01. The van der Waals surface area contributed by atoms with E-state index in [4.69, 9.17) is 13.9 Å². The lowest BCUT2D eigenvalue weighted by atomic mass is 10.1. The number of nitrogens with zero attached hydrogens (tertiary/aromatic N) is 1. The minimum Gasteiger partial charge on any atom is -0.504 e. The number of hydrogen-bond acceptors (Lipinski definition) is 4. The molecule has 0 bridgehead atoms. The average molecular weight is 293 g/mol. The first-order valence-corrected chi connectivity index (χ1v) is 6.83. The molecule has 110 valence electrons. The Balaban J connectivity index is 2.01. The number of hydrogen-bond donors (Lipinski definition) is 0. The summed E-state index contributed by atoms with van der Waals surface area (Å²) < 4.78 is 16.5. The zero-order valence-corrected chi connectivity index (χ0v) is 12.1. The van der Waals surface area contributed by atoms with Gasteiger partial charge in [-0.15, -0.1) is 0 Å². The first-order valence-electron chi connectivity index (χ1n) is 6.83. The summed E-state index contributed by atoms with van der Waals surface area (Å²) in [6, 6.07) is 17.3. The van der Waals surface area contributed by atoms with Gasteiger partial charge in [-0.05, 0) is 18.2 Å². The van der Waals surface area contributed by atoms with Gasteiger partial charge in [-0.3, -0.25) is 0 Å². The maximum atomic E-state index is 5.97. The van der Waals surface area contributed by atoms with E-state index in [0.717, 1.165) is 16.9 Å². The number of methoxy groups -OCH3 is 1. The van der Waals surface area contributed by atoms with E-state index < -0.39 is 0 Å². The van der Waals surface area contributed by atoms with Crippen LogP contribution in [0.2, 0.25) is 0 Å². The first kappa shape index (κ1) is 13.9. The Kier molecular flexibility index (Phi) is 4.20. The highest BCUT2D eigenvalue weighted by Gasteiger charge is 2.15. The van der Waals surface area contributed by atoms with Crippen molar-refractivity contribution in [1.29, 1.82) is 0 Å². The van der Waals surface area contributed by atoms with E-state index in [9.17, 15) is 0 Å². The predicted molar refractivity (Wildman–Crippen MR) is 83.5 cm³/mol. The number of rotatable bonds is 5. The summed E-state index contributed by atoms with van der Waals surface area (Å²) in [5, 5.41) is 0. The van der Waals surface area contributed by atoms with Crippen molar-refractivity contribution in [2.24, 2.45) is 0 Å². The van der Waals surface area contributed by atoms with Crippen molar-refractivity contribution >= 4 is 5.57 Å². The number of ether oxygens (including phenoxy) is 2. The van der Waals surface area contributed by atoms with Crippen molar-refractivity contribution in [2.45, 2.75) is 0 Å². The molecule has 0 aliphatic heterocycles. The van der Waals surface area contributed by atoms with Crippen LogP contribution in [0.1, 0.15) is 11.5 Å². The summed E-state index contributed by atoms with van der Waals surface area (Å²) >= 11 is 0. The van der Waals surface area contributed by atoms with Gasteiger partial charge in [0, 0.05) is 5.56 Å². The lowest BCUT2D eigenvalue weighted by Crippen LogP contribution is -1.94. The molecule has 0 unspecified atom stereocenters. The van der Waals surface area contributed by atoms with Crippen molar-refractivity contribution in [3.63, 3.8) is 0 Å². The normalized spacial score (nSPS) is 11.2. The number of aromatic nitrogens is 1.